The van der Waals surface area contributed by atoms with Crippen molar-refractivity contribution >= 4 is 23.2 Å². The monoisotopic (exact) mass is 234 g/mol. The maximum Gasteiger partial charge on any atom is 0.140 e. The van der Waals surface area contributed by atoms with Gasteiger partial charge < -0.3 is 9.84 Å². The van der Waals surface area contributed by atoms with Gasteiger partial charge >= 0.3 is 0 Å². The first-order chi connectivity index (χ1) is 6.69. The summed E-state index contributed by atoms with van der Waals surface area (Å²) in [4.78, 5) is 0. The number of halogens is 2. The zero-order valence-electron chi connectivity index (χ0n) is 7.89. The Morgan fingerprint density at radius 1 is 1.36 bits per heavy atom. The second-order valence-electron chi connectivity index (χ2n) is 2.91. The number of benzene rings is 1. The minimum Gasteiger partial charge on any atom is -0.495 e. The van der Waals surface area contributed by atoms with Crippen molar-refractivity contribution in [2.24, 2.45) is 0 Å². The van der Waals surface area contributed by atoms with Gasteiger partial charge in [-0.15, -0.1) is 0 Å². The van der Waals surface area contributed by atoms with Crippen LogP contribution in [-0.4, -0.2) is 18.8 Å². The lowest BCUT2D eigenvalue weighted by atomic mass is 10.1. The Morgan fingerprint density at radius 3 is 2.64 bits per heavy atom. The maximum atomic E-state index is 8.72. The highest BCUT2D eigenvalue weighted by Gasteiger charge is 2.08. The van der Waals surface area contributed by atoms with Gasteiger partial charge in [-0.2, -0.15) is 0 Å². The van der Waals surface area contributed by atoms with Crippen LogP contribution in [0.25, 0.3) is 0 Å². The molecule has 0 aromatic heterocycles. The number of aliphatic hydroxyl groups excluding tert-OH is 1. The van der Waals surface area contributed by atoms with Crippen LogP contribution in [0.15, 0.2) is 12.1 Å². The molecule has 2 nitrogen and oxygen atoms in total. The Labute approximate surface area is 93.4 Å². The van der Waals surface area contributed by atoms with Crippen molar-refractivity contribution in [3.8, 4) is 5.75 Å². The van der Waals surface area contributed by atoms with E-state index in [4.69, 9.17) is 33.0 Å². The summed E-state index contributed by atoms with van der Waals surface area (Å²) < 4.78 is 5.16. The Balaban J connectivity index is 2.99. The SMILES string of the molecule is COc1c(Cl)cc(Cl)cc1CCCO. The van der Waals surface area contributed by atoms with Crippen LogP contribution in [0.1, 0.15) is 12.0 Å². The van der Waals surface area contributed by atoms with E-state index in [0.29, 0.717) is 28.6 Å². The third kappa shape index (κ3) is 2.77. The molecule has 78 valence electrons. The summed E-state index contributed by atoms with van der Waals surface area (Å²) in [7, 11) is 1.57. The summed E-state index contributed by atoms with van der Waals surface area (Å²) in [6.07, 6.45) is 1.38. The van der Waals surface area contributed by atoms with E-state index in [0.717, 1.165) is 5.56 Å². The van der Waals surface area contributed by atoms with Crippen LogP contribution >= 0.6 is 23.2 Å². The Morgan fingerprint density at radius 2 is 2.07 bits per heavy atom. The molecular weight excluding hydrogens is 223 g/mol. The highest BCUT2D eigenvalue weighted by Crippen LogP contribution is 2.32. The molecule has 0 aliphatic rings. The van der Waals surface area contributed by atoms with E-state index in [2.05, 4.69) is 0 Å². The van der Waals surface area contributed by atoms with Gasteiger partial charge in [0.05, 0.1) is 12.1 Å². The standard InChI is InChI=1S/C10H12Cl2O2/c1-14-10-7(3-2-4-13)5-8(11)6-9(10)12/h5-6,13H,2-4H2,1H3. The topological polar surface area (TPSA) is 29.5 Å². The van der Waals surface area contributed by atoms with Gasteiger partial charge in [0.1, 0.15) is 5.75 Å². The van der Waals surface area contributed by atoms with Gasteiger partial charge in [-0.05, 0) is 30.5 Å². The molecule has 0 saturated heterocycles. The molecule has 0 bridgehead atoms. The molecule has 4 heteroatoms. The first-order valence-corrected chi connectivity index (χ1v) is 5.07. The first kappa shape index (κ1) is 11.6. The Kier molecular flexibility index (Phi) is 4.52. The van der Waals surface area contributed by atoms with Gasteiger partial charge in [-0.25, -0.2) is 0 Å². The number of methoxy groups -OCH3 is 1. The van der Waals surface area contributed by atoms with E-state index in [1.165, 1.54) is 0 Å². The van der Waals surface area contributed by atoms with Gasteiger partial charge in [0.25, 0.3) is 0 Å². The number of rotatable bonds is 4. The number of ether oxygens (including phenoxy) is 1. The molecule has 1 N–H and O–H groups in total. The fourth-order valence-corrected chi connectivity index (χ4v) is 1.91. The predicted molar refractivity (Wildman–Crippen MR) is 58.4 cm³/mol. The summed E-state index contributed by atoms with van der Waals surface area (Å²) in [6, 6.07) is 3.45. The van der Waals surface area contributed by atoms with Gasteiger partial charge in [0.2, 0.25) is 0 Å². The van der Waals surface area contributed by atoms with Crippen molar-refractivity contribution in [2.45, 2.75) is 12.8 Å². The zero-order chi connectivity index (χ0) is 10.6. The molecule has 0 saturated carbocycles. The normalized spacial score (nSPS) is 10.3. The molecule has 0 aliphatic carbocycles. The van der Waals surface area contributed by atoms with Crippen LogP contribution in [-0.2, 0) is 6.42 Å². The number of aliphatic hydroxyl groups is 1. The van der Waals surface area contributed by atoms with Gasteiger partial charge in [0, 0.05) is 11.6 Å². The van der Waals surface area contributed by atoms with Crippen molar-refractivity contribution in [1.82, 2.24) is 0 Å². The molecule has 14 heavy (non-hydrogen) atoms. The molecule has 1 rings (SSSR count). The fraction of sp³-hybridized carbons (Fsp3) is 0.400. The summed E-state index contributed by atoms with van der Waals surface area (Å²) in [5, 5.41) is 9.82. The summed E-state index contributed by atoms with van der Waals surface area (Å²) in [5.74, 6) is 0.643. The predicted octanol–water partition coefficient (Wildman–Crippen LogP) is 2.93. The lowest BCUT2D eigenvalue weighted by molar-refractivity contribution is 0.287. The Bertz CT molecular complexity index is 313. The van der Waals surface area contributed by atoms with Crippen LogP contribution in [0.4, 0.5) is 0 Å². The average Bonchev–Trinajstić information content (AvgIpc) is 2.14. The molecule has 0 spiro atoms. The largest absolute Gasteiger partial charge is 0.495 e. The summed E-state index contributed by atoms with van der Waals surface area (Å²) in [6.45, 7) is 0.146. The van der Waals surface area contributed by atoms with Gasteiger partial charge in [-0.3, -0.25) is 0 Å². The molecule has 1 aromatic carbocycles. The average molecular weight is 235 g/mol. The van der Waals surface area contributed by atoms with E-state index < -0.39 is 0 Å². The molecule has 0 aliphatic heterocycles. The molecule has 0 unspecified atom stereocenters. The van der Waals surface area contributed by atoms with Crippen LogP contribution in [0, 0.1) is 0 Å². The lowest BCUT2D eigenvalue weighted by Crippen LogP contribution is -1.95. The van der Waals surface area contributed by atoms with E-state index in [1.54, 1.807) is 13.2 Å². The summed E-state index contributed by atoms with van der Waals surface area (Å²) >= 11 is 11.8. The molecule has 0 fully saturated rings. The van der Waals surface area contributed by atoms with Gasteiger partial charge in [-0.1, -0.05) is 23.2 Å². The van der Waals surface area contributed by atoms with E-state index in [9.17, 15) is 0 Å². The van der Waals surface area contributed by atoms with E-state index >= 15 is 0 Å². The highest BCUT2D eigenvalue weighted by molar-refractivity contribution is 6.35. The fourth-order valence-electron chi connectivity index (χ4n) is 1.30. The quantitative estimate of drug-likeness (QED) is 0.869. The third-order valence-electron chi connectivity index (χ3n) is 1.89. The van der Waals surface area contributed by atoms with Crippen molar-refractivity contribution in [1.29, 1.82) is 0 Å². The van der Waals surface area contributed by atoms with Crippen LogP contribution in [0.5, 0.6) is 5.75 Å². The third-order valence-corrected chi connectivity index (χ3v) is 2.39. The second kappa shape index (κ2) is 5.44. The highest BCUT2D eigenvalue weighted by atomic mass is 35.5. The van der Waals surface area contributed by atoms with Crippen molar-refractivity contribution < 1.29 is 9.84 Å². The summed E-state index contributed by atoms with van der Waals surface area (Å²) in [5.41, 5.74) is 0.930. The maximum absolute atomic E-state index is 8.72. The lowest BCUT2D eigenvalue weighted by Gasteiger charge is -2.10. The molecular formula is C10H12Cl2O2. The first-order valence-electron chi connectivity index (χ1n) is 4.31. The molecule has 0 amide bonds. The van der Waals surface area contributed by atoms with Crippen molar-refractivity contribution in [3.05, 3.63) is 27.7 Å². The van der Waals surface area contributed by atoms with E-state index in [-0.39, 0.29) is 6.61 Å². The van der Waals surface area contributed by atoms with Crippen LogP contribution < -0.4 is 4.74 Å². The number of hydrogen-bond donors (Lipinski definition) is 1. The van der Waals surface area contributed by atoms with Crippen LogP contribution in [0.2, 0.25) is 10.0 Å². The zero-order valence-corrected chi connectivity index (χ0v) is 9.40. The van der Waals surface area contributed by atoms with Crippen LogP contribution in [0.3, 0.4) is 0 Å². The van der Waals surface area contributed by atoms with Crippen molar-refractivity contribution in [2.75, 3.05) is 13.7 Å². The smallest absolute Gasteiger partial charge is 0.140 e. The molecule has 0 atom stereocenters. The minimum absolute atomic E-state index is 0.146. The molecule has 1 aromatic rings. The van der Waals surface area contributed by atoms with E-state index in [1.807, 2.05) is 6.07 Å². The number of aryl methyl sites for hydroxylation is 1. The Hall–Kier alpha value is -0.440. The van der Waals surface area contributed by atoms with Crippen molar-refractivity contribution in [3.63, 3.8) is 0 Å². The second-order valence-corrected chi connectivity index (χ2v) is 3.75. The van der Waals surface area contributed by atoms with Gasteiger partial charge in [0.15, 0.2) is 0 Å². The number of hydrogen-bond acceptors (Lipinski definition) is 2. The molecule has 0 heterocycles. The minimum atomic E-state index is 0.146. The molecule has 0 radical (unpaired) electrons.